The summed E-state index contributed by atoms with van der Waals surface area (Å²) >= 11 is 0. The highest BCUT2D eigenvalue weighted by atomic mass is 16.5. The van der Waals surface area contributed by atoms with Crippen molar-refractivity contribution in [2.45, 2.75) is 51.6 Å². The van der Waals surface area contributed by atoms with E-state index in [0.717, 1.165) is 61.3 Å². The average Bonchev–Trinajstić information content (AvgIpc) is 3.15. The van der Waals surface area contributed by atoms with Gasteiger partial charge in [-0.2, -0.15) is 0 Å². The fourth-order valence-electron chi connectivity index (χ4n) is 7.74. The maximum atomic E-state index is 10.8. The van der Waals surface area contributed by atoms with Crippen LogP contribution in [-0.2, 0) is 25.7 Å². The average molecular weight is 699 g/mol. The Kier molecular flexibility index (Phi) is 11.0. The molecule has 0 fully saturated rings. The van der Waals surface area contributed by atoms with Gasteiger partial charge in [0.15, 0.2) is 46.0 Å². The van der Waals surface area contributed by atoms with Crippen LogP contribution < -0.4 is 28.4 Å². The summed E-state index contributed by atoms with van der Waals surface area (Å²) in [4.78, 5) is 4.89. The Hall–Kier alpha value is -4.80. The molecule has 2 atom stereocenters. The first-order valence-electron chi connectivity index (χ1n) is 17.6. The van der Waals surface area contributed by atoms with Crippen LogP contribution >= 0.6 is 0 Å². The van der Waals surface area contributed by atoms with E-state index in [1.165, 1.54) is 11.1 Å². The smallest absolute Gasteiger partial charge is 0.169 e. The lowest BCUT2D eigenvalue weighted by Gasteiger charge is -2.38. The molecule has 10 heteroatoms. The molecule has 6 rings (SSSR count). The summed E-state index contributed by atoms with van der Waals surface area (Å²) in [5.74, 6) is 4.24. The van der Waals surface area contributed by atoms with Crippen LogP contribution in [0.15, 0.2) is 54.6 Å². The molecule has 272 valence electrons. The maximum Gasteiger partial charge on any atom is 0.169 e. The summed E-state index contributed by atoms with van der Waals surface area (Å²) in [6.45, 7) is 7.86. The van der Waals surface area contributed by atoms with Gasteiger partial charge < -0.3 is 38.6 Å². The molecule has 0 aromatic heterocycles. The largest absolute Gasteiger partial charge is 0.504 e. The van der Waals surface area contributed by atoms with E-state index in [1.54, 1.807) is 41.6 Å². The standard InChI is InChI=1S/C41H50N2O8/c1-8-42-14-13-27-20-39(49-6)41(23-30(27)31(42)16-25-10-11-35(46-3)33(44)17-25)51-36-24-40(50-7)38(48-5)21-28(36)18-32-29-22-34(45)37(47-4)19-26(29)12-15-43(32)9-2/h10-11,17,19-24,31-32,44-45H,8-9,12-16,18H2,1-7H3. The fourth-order valence-corrected chi connectivity index (χ4v) is 7.74. The predicted molar refractivity (Wildman–Crippen MR) is 197 cm³/mol. The van der Waals surface area contributed by atoms with Crippen LogP contribution in [0.5, 0.6) is 51.7 Å². The third kappa shape index (κ3) is 7.21. The van der Waals surface area contributed by atoms with Gasteiger partial charge in [-0.05, 0) is 109 Å². The van der Waals surface area contributed by atoms with Crippen molar-refractivity contribution >= 4 is 0 Å². The normalized spacial score (nSPS) is 17.3. The zero-order valence-electron chi connectivity index (χ0n) is 30.7. The van der Waals surface area contributed by atoms with Gasteiger partial charge in [0.05, 0.1) is 35.5 Å². The topological polar surface area (TPSA) is 102 Å². The first-order chi connectivity index (χ1) is 24.7. The van der Waals surface area contributed by atoms with E-state index < -0.39 is 0 Å². The fraction of sp³-hybridized carbons (Fsp3) is 0.415. The van der Waals surface area contributed by atoms with E-state index in [4.69, 9.17) is 28.4 Å². The van der Waals surface area contributed by atoms with Crippen molar-refractivity contribution in [2.75, 3.05) is 61.7 Å². The molecular weight excluding hydrogens is 648 g/mol. The highest BCUT2D eigenvalue weighted by Crippen LogP contribution is 2.46. The van der Waals surface area contributed by atoms with Crippen molar-refractivity contribution in [3.63, 3.8) is 0 Å². The van der Waals surface area contributed by atoms with E-state index in [9.17, 15) is 10.2 Å². The molecule has 0 saturated heterocycles. The van der Waals surface area contributed by atoms with Crippen molar-refractivity contribution in [1.82, 2.24) is 9.80 Å². The zero-order chi connectivity index (χ0) is 36.2. The molecule has 2 aliphatic rings. The summed E-state index contributed by atoms with van der Waals surface area (Å²) < 4.78 is 35.1. The highest BCUT2D eigenvalue weighted by molar-refractivity contribution is 5.57. The summed E-state index contributed by atoms with van der Waals surface area (Å²) in [6, 6.07) is 17.5. The Bertz CT molecular complexity index is 1860. The predicted octanol–water partition coefficient (Wildman–Crippen LogP) is 7.26. The lowest BCUT2D eigenvalue weighted by Crippen LogP contribution is -2.36. The molecule has 10 nitrogen and oxygen atoms in total. The van der Waals surface area contributed by atoms with Crippen LogP contribution in [0, 0.1) is 0 Å². The van der Waals surface area contributed by atoms with E-state index in [1.807, 2.05) is 36.4 Å². The van der Waals surface area contributed by atoms with Crippen LogP contribution in [-0.4, -0.2) is 81.7 Å². The molecule has 2 unspecified atom stereocenters. The molecule has 2 N–H and O–H groups in total. The quantitative estimate of drug-likeness (QED) is 0.148. The number of hydrogen-bond acceptors (Lipinski definition) is 10. The molecule has 4 aromatic carbocycles. The van der Waals surface area contributed by atoms with Gasteiger partial charge in [-0.1, -0.05) is 19.9 Å². The number of aromatic hydroxyl groups is 2. The number of ether oxygens (including phenoxy) is 6. The molecule has 51 heavy (non-hydrogen) atoms. The number of phenolic OH excluding ortho intramolecular Hbond substituents is 2. The third-order valence-corrected chi connectivity index (χ3v) is 10.5. The number of methoxy groups -OCH3 is 5. The number of rotatable bonds is 13. The molecule has 0 amide bonds. The van der Waals surface area contributed by atoms with E-state index in [0.29, 0.717) is 53.1 Å². The molecule has 0 bridgehead atoms. The Labute approximate surface area is 301 Å². The van der Waals surface area contributed by atoms with Gasteiger partial charge >= 0.3 is 0 Å². The van der Waals surface area contributed by atoms with Crippen molar-refractivity contribution < 1.29 is 38.6 Å². The molecule has 0 saturated carbocycles. The van der Waals surface area contributed by atoms with Crippen LogP contribution in [0.1, 0.15) is 59.3 Å². The number of hydrogen-bond donors (Lipinski definition) is 2. The monoisotopic (exact) mass is 698 g/mol. The lowest BCUT2D eigenvalue weighted by atomic mass is 9.87. The first-order valence-corrected chi connectivity index (χ1v) is 17.6. The van der Waals surface area contributed by atoms with Crippen molar-refractivity contribution in [1.29, 1.82) is 0 Å². The minimum absolute atomic E-state index is 0.0233. The summed E-state index contributed by atoms with van der Waals surface area (Å²) in [5, 5.41) is 21.4. The van der Waals surface area contributed by atoms with E-state index in [-0.39, 0.29) is 23.6 Å². The molecule has 2 aliphatic heterocycles. The van der Waals surface area contributed by atoms with Gasteiger partial charge in [-0.3, -0.25) is 9.80 Å². The van der Waals surface area contributed by atoms with Crippen LogP contribution in [0.4, 0.5) is 0 Å². The maximum absolute atomic E-state index is 10.8. The molecule has 0 aliphatic carbocycles. The van der Waals surface area contributed by atoms with Gasteiger partial charge in [-0.15, -0.1) is 0 Å². The van der Waals surface area contributed by atoms with Crippen LogP contribution in [0.25, 0.3) is 0 Å². The number of benzene rings is 4. The summed E-state index contributed by atoms with van der Waals surface area (Å²) in [6.07, 6.45) is 3.06. The van der Waals surface area contributed by atoms with Crippen molar-refractivity contribution in [3.05, 3.63) is 88.0 Å². The van der Waals surface area contributed by atoms with Gasteiger partial charge in [0.2, 0.25) is 0 Å². The Morgan fingerprint density at radius 3 is 1.67 bits per heavy atom. The van der Waals surface area contributed by atoms with Crippen molar-refractivity contribution in [3.8, 4) is 51.7 Å². The minimum atomic E-state index is -0.0233. The highest BCUT2D eigenvalue weighted by Gasteiger charge is 2.32. The zero-order valence-corrected chi connectivity index (χ0v) is 30.7. The lowest BCUT2D eigenvalue weighted by molar-refractivity contribution is 0.191. The van der Waals surface area contributed by atoms with E-state index >= 15 is 0 Å². The Balaban J connectivity index is 1.41. The summed E-state index contributed by atoms with van der Waals surface area (Å²) in [7, 11) is 8.05. The second kappa shape index (κ2) is 15.6. The molecule has 4 aromatic rings. The minimum Gasteiger partial charge on any atom is -0.504 e. The molecule has 2 heterocycles. The Morgan fingerprint density at radius 1 is 0.549 bits per heavy atom. The second-order valence-electron chi connectivity index (χ2n) is 13.0. The SMILES string of the molecule is CCN1CCc2cc(OC)c(Oc3cc(OC)c(OC)cc3CC3c4cc(O)c(OC)cc4CCN3CC)cc2C1Cc1ccc(OC)c(O)c1. The van der Waals surface area contributed by atoms with Gasteiger partial charge in [-0.25, -0.2) is 0 Å². The van der Waals surface area contributed by atoms with Gasteiger partial charge in [0.1, 0.15) is 5.75 Å². The molecule has 0 spiro atoms. The first kappa shape index (κ1) is 36.0. The van der Waals surface area contributed by atoms with Crippen LogP contribution in [0.2, 0.25) is 0 Å². The van der Waals surface area contributed by atoms with Gasteiger partial charge in [0, 0.05) is 36.8 Å². The summed E-state index contributed by atoms with van der Waals surface area (Å²) in [5.41, 5.74) is 6.56. The van der Waals surface area contributed by atoms with E-state index in [2.05, 4.69) is 35.8 Å². The second-order valence-corrected chi connectivity index (χ2v) is 13.0. The molecular formula is C41H50N2O8. The number of fused-ring (bicyclic) bond motifs is 2. The number of likely N-dealkylation sites (N-methyl/N-ethyl adjacent to an activating group) is 2. The third-order valence-electron chi connectivity index (χ3n) is 10.5. The number of phenols is 2. The van der Waals surface area contributed by atoms with Gasteiger partial charge in [0.25, 0.3) is 0 Å². The van der Waals surface area contributed by atoms with Crippen molar-refractivity contribution in [2.24, 2.45) is 0 Å². The Morgan fingerprint density at radius 2 is 1.08 bits per heavy atom. The number of nitrogens with zero attached hydrogens (tertiary/aromatic N) is 2. The molecule has 0 radical (unpaired) electrons. The van der Waals surface area contributed by atoms with Crippen LogP contribution in [0.3, 0.4) is 0 Å².